The first kappa shape index (κ1) is 22.0. The zero-order valence-corrected chi connectivity index (χ0v) is 20.3. The first-order chi connectivity index (χ1) is 16.7. The number of carbonyl (C=O) groups excluding carboxylic acids is 1. The largest absolute Gasteiger partial charge is 0.378 e. The van der Waals surface area contributed by atoms with Crippen molar-refractivity contribution in [2.75, 3.05) is 44.4 Å². The van der Waals surface area contributed by atoms with E-state index in [0.29, 0.717) is 26.3 Å². The number of nitrogens with zero attached hydrogens (tertiary/aromatic N) is 3. The van der Waals surface area contributed by atoms with Crippen LogP contribution >= 0.6 is 11.3 Å². The van der Waals surface area contributed by atoms with Crippen molar-refractivity contribution in [1.29, 1.82) is 0 Å². The van der Waals surface area contributed by atoms with Crippen molar-refractivity contribution in [2.24, 2.45) is 0 Å². The molecular weight excluding hydrogens is 446 g/mol. The maximum Gasteiger partial charge on any atom is 0.264 e. The Bertz CT molecular complexity index is 1170. The van der Waals surface area contributed by atoms with E-state index in [1.807, 2.05) is 22.4 Å². The second-order valence-electron chi connectivity index (χ2n) is 9.54. The fourth-order valence-corrected chi connectivity index (χ4v) is 6.15. The van der Waals surface area contributed by atoms with Crippen LogP contribution in [0.3, 0.4) is 0 Å². The third-order valence-corrected chi connectivity index (χ3v) is 8.08. The molecule has 0 radical (unpaired) electrons. The highest BCUT2D eigenvalue weighted by molar-refractivity contribution is 7.12. The third kappa shape index (κ3) is 4.44. The Labute approximate surface area is 204 Å². The average Bonchev–Trinajstić information content (AvgIpc) is 3.65. The molecule has 178 valence electrons. The van der Waals surface area contributed by atoms with Gasteiger partial charge >= 0.3 is 0 Å². The smallest absolute Gasteiger partial charge is 0.264 e. The lowest BCUT2D eigenvalue weighted by atomic mass is 10.0. The molecule has 1 amide bonds. The molecule has 34 heavy (non-hydrogen) atoms. The predicted molar refractivity (Wildman–Crippen MR) is 135 cm³/mol. The van der Waals surface area contributed by atoms with E-state index in [4.69, 9.17) is 14.5 Å². The number of amides is 1. The zero-order chi connectivity index (χ0) is 22.9. The SMILES string of the molecule is O=C(c1cccs1)N(Cc1cc2cc3c(cc2nc1N1CCOCC1)CCC3)CC1CCCO1. The van der Waals surface area contributed by atoms with E-state index in [9.17, 15) is 4.79 Å². The summed E-state index contributed by atoms with van der Waals surface area (Å²) in [6, 6.07) is 10.7. The minimum Gasteiger partial charge on any atom is -0.378 e. The number of hydrogen-bond acceptors (Lipinski definition) is 6. The monoisotopic (exact) mass is 477 g/mol. The molecule has 0 saturated carbocycles. The molecular formula is C27H31N3O3S. The van der Waals surface area contributed by atoms with Crippen LogP contribution in [-0.2, 0) is 28.9 Å². The van der Waals surface area contributed by atoms with E-state index in [-0.39, 0.29) is 12.0 Å². The number of carbonyl (C=O) groups is 1. The van der Waals surface area contributed by atoms with Crippen LogP contribution in [0.1, 0.15) is 45.6 Å². The highest BCUT2D eigenvalue weighted by Crippen LogP contribution is 2.32. The minimum absolute atomic E-state index is 0.0764. The van der Waals surface area contributed by atoms with Crippen molar-refractivity contribution in [3.63, 3.8) is 0 Å². The van der Waals surface area contributed by atoms with E-state index >= 15 is 0 Å². The number of anilines is 1. The fraction of sp³-hybridized carbons (Fsp3) is 0.481. The van der Waals surface area contributed by atoms with Gasteiger partial charge in [0.05, 0.1) is 29.7 Å². The Hall–Kier alpha value is -2.48. The molecule has 1 aromatic carbocycles. The van der Waals surface area contributed by atoms with Gasteiger partial charge in [-0.1, -0.05) is 6.07 Å². The van der Waals surface area contributed by atoms with Crippen molar-refractivity contribution in [3.05, 3.63) is 57.3 Å². The first-order valence-electron chi connectivity index (χ1n) is 12.5. The molecule has 3 aromatic rings. The van der Waals surface area contributed by atoms with Gasteiger partial charge in [0.1, 0.15) is 5.82 Å². The number of morpholine rings is 1. The number of pyridine rings is 1. The maximum atomic E-state index is 13.5. The number of ether oxygens (including phenoxy) is 2. The van der Waals surface area contributed by atoms with Crippen LogP contribution in [0.15, 0.2) is 35.7 Å². The molecule has 3 aliphatic rings. The Morgan fingerprint density at radius 1 is 1.12 bits per heavy atom. The van der Waals surface area contributed by atoms with Crippen LogP contribution in [0.25, 0.3) is 10.9 Å². The fourth-order valence-electron chi connectivity index (χ4n) is 5.46. The zero-order valence-electron chi connectivity index (χ0n) is 19.5. The molecule has 2 saturated heterocycles. The van der Waals surface area contributed by atoms with Crippen LogP contribution in [0.4, 0.5) is 5.82 Å². The second-order valence-corrected chi connectivity index (χ2v) is 10.5. The topological polar surface area (TPSA) is 54.9 Å². The number of aromatic nitrogens is 1. The quantitative estimate of drug-likeness (QED) is 0.525. The van der Waals surface area contributed by atoms with Crippen LogP contribution in [0, 0.1) is 0 Å². The van der Waals surface area contributed by atoms with E-state index < -0.39 is 0 Å². The highest BCUT2D eigenvalue weighted by atomic mass is 32.1. The summed E-state index contributed by atoms with van der Waals surface area (Å²) in [4.78, 5) is 23.8. The van der Waals surface area contributed by atoms with Gasteiger partial charge < -0.3 is 19.3 Å². The van der Waals surface area contributed by atoms with Crippen molar-refractivity contribution >= 4 is 34.0 Å². The second kappa shape index (κ2) is 9.64. The van der Waals surface area contributed by atoms with Crippen LogP contribution < -0.4 is 4.90 Å². The lowest BCUT2D eigenvalue weighted by Gasteiger charge is -2.32. The molecule has 7 heteroatoms. The van der Waals surface area contributed by atoms with Crippen LogP contribution in [-0.4, -0.2) is 61.3 Å². The van der Waals surface area contributed by atoms with Gasteiger partial charge in [0.2, 0.25) is 0 Å². The number of fused-ring (bicyclic) bond motifs is 2. The normalized spacial score (nSPS) is 20.1. The summed E-state index contributed by atoms with van der Waals surface area (Å²) >= 11 is 1.50. The summed E-state index contributed by atoms with van der Waals surface area (Å²) in [6.07, 6.45) is 5.69. The average molecular weight is 478 g/mol. The first-order valence-corrected chi connectivity index (χ1v) is 13.3. The Morgan fingerprint density at radius 3 is 2.74 bits per heavy atom. The van der Waals surface area contributed by atoms with E-state index in [1.54, 1.807) is 0 Å². The van der Waals surface area contributed by atoms with Crippen molar-refractivity contribution in [2.45, 2.75) is 44.8 Å². The predicted octanol–water partition coefficient (Wildman–Crippen LogP) is 4.44. The van der Waals surface area contributed by atoms with Crippen LogP contribution in [0.2, 0.25) is 0 Å². The van der Waals surface area contributed by atoms with Crippen molar-refractivity contribution in [3.8, 4) is 0 Å². The molecule has 4 heterocycles. The summed E-state index contributed by atoms with van der Waals surface area (Å²) in [7, 11) is 0. The van der Waals surface area contributed by atoms with Gasteiger partial charge in [-0.3, -0.25) is 4.79 Å². The van der Waals surface area contributed by atoms with E-state index in [2.05, 4.69) is 23.1 Å². The highest BCUT2D eigenvalue weighted by Gasteiger charge is 2.27. The lowest BCUT2D eigenvalue weighted by Crippen LogP contribution is -2.39. The Kier molecular flexibility index (Phi) is 6.24. The van der Waals surface area contributed by atoms with Gasteiger partial charge in [-0.2, -0.15) is 0 Å². The van der Waals surface area contributed by atoms with E-state index in [1.165, 1.54) is 34.3 Å². The summed E-state index contributed by atoms with van der Waals surface area (Å²) in [5.41, 5.74) is 5.05. The molecule has 1 unspecified atom stereocenters. The van der Waals surface area contributed by atoms with E-state index in [0.717, 1.165) is 67.2 Å². The van der Waals surface area contributed by atoms with Crippen LogP contribution in [0.5, 0.6) is 0 Å². The van der Waals surface area contributed by atoms with Gasteiger partial charge in [0.15, 0.2) is 0 Å². The molecule has 0 spiro atoms. The number of rotatable bonds is 6. The molecule has 0 N–H and O–H groups in total. The maximum absolute atomic E-state index is 13.5. The third-order valence-electron chi connectivity index (χ3n) is 7.22. The molecule has 0 bridgehead atoms. The molecule has 2 aliphatic heterocycles. The standard InChI is InChI=1S/C27H31N3O3S/c31-27(25-7-3-13-34-25)30(18-23-6-2-10-33-23)17-22-15-21-14-19-4-1-5-20(19)16-24(21)28-26(22)29-8-11-32-12-9-29/h3,7,13-16,23H,1-2,4-6,8-12,17-18H2. The van der Waals surface area contributed by atoms with Crippen molar-refractivity contribution < 1.29 is 14.3 Å². The number of hydrogen-bond donors (Lipinski definition) is 0. The summed E-state index contributed by atoms with van der Waals surface area (Å²) < 4.78 is 11.5. The molecule has 1 atom stereocenters. The van der Waals surface area contributed by atoms with Gasteiger partial charge in [-0.05, 0) is 72.9 Å². The lowest BCUT2D eigenvalue weighted by molar-refractivity contribution is 0.0511. The van der Waals surface area contributed by atoms with Gasteiger partial charge in [0.25, 0.3) is 5.91 Å². The molecule has 6 nitrogen and oxygen atoms in total. The van der Waals surface area contributed by atoms with Crippen molar-refractivity contribution in [1.82, 2.24) is 9.88 Å². The number of thiophene rings is 1. The molecule has 2 fully saturated rings. The Morgan fingerprint density at radius 2 is 1.97 bits per heavy atom. The van der Waals surface area contributed by atoms with Gasteiger partial charge in [-0.15, -0.1) is 11.3 Å². The Balaban J connectivity index is 1.39. The minimum atomic E-state index is 0.0764. The number of aryl methyl sites for hydroxylation is 2. The molecule has 2 aromatic heterocycles. The summed E-state index contributed by atoms with van der Waals surface area (Å²) in [6.45, 7) is 4.98. The summed E-state index contributed by atoms with van der Waals surface area (Å²) in [5, 5.41) is 3.14. The van der Waals surface area contributed by atoms with Gasteiger partial charge in [0, 0.05) is 43.7 Å². The molecule has 1 aliphatic carbocycles. The molecule has 6 rings (SSSR count). The summed E-state index contributed by atoms with van der Waals surface area (Å²) in [5.74, 6) is 1.07. The van der Waals surface area contributed by atoms with Gasteiger partial charge in [-0.25, -0.2) is 4.98 Å². The number of benzene rings is 1.